The Bertz CT molecular complexity index is 1020. The van der Waals surface area contributed by atoms with Gasteiger partial charge < -0.3 is 16.2 Å². The maximum absolute atomic E-state index is 6.61. The zero-order chi connectivity index (χ0) is 20.1. The van der Waals surface area contributed by atoms with Gasteiger partial charge >= 0.3 is 0 Å². The van der Waals surface area contributed by atoms with Crippen LogP contribution in [0.5, 0.6) is 5.75 Å². The molecule has 4 rings (SSSR count). The molecule has 29 heavy (non-hydrogen) atoms. The Kier molecular flexibility index (Phi) is 5.51. The van der Waals surface area contributed by atoms with E-state index in [0.717, 1.165) is 28.0 Å². The Hall–Kier alpha value is -3.28. The van der Waals surface area contributed by atoms with E-state index in [1.807, 2.05) is 72.9 Å². The second kappa shape index (κ2) is 8.39. The lowest BCUT2D eigenvalue weighted by Crippen LogP contribution is -2.55. The van der Waals surface area contributed by atoms with Crippen LogP contribution < -0.4 is 16.2 Å². The number of pyridine rings is 1. The molecule has 0 fully saturated rings. The minimum absolute atomic E-state index is 0.484. The Morgan fingerprint density at radius 1 is 1.00 bits per heavy atom. The molecule has 2 heterocycles. The maximum atomic E-state index is 6.61. The molecule has 2 atom stereocenters. The van der Waals surface area contributed by atoms with Gasteiger partial charge in [-0.1, -0.05) is 48.5 Å². The zero-order valence-electron chi connectivity index (χ0n) is 16.1. The van der Waals surface area contributed by atoms with Crippen molar-refractivity contribution in [3.05, 3.63) is 96.3 Å². The van der Waals surface area contributed by atoms with Crippen molar-refractivity contribution in [2.75, 3.05) is 0 Å². The van der Waals surface area contributed by atoms with E-state index >= 15 is 0 Å². The van der Waals surface area contributed by atoms with E-state index in [1.165, 1.54) is 0 Å². The Morgan fingerprint density at radius 2 is 1.86 bits per heavy atom. The summed E-state index contributed by atoms with van der Waals surface area (Å²) >= 11 is 0. The number of hydrogen-bond donors (Lipinski definition) is 2. The molecule has 1 aromatic heterocycles. The van der Waals surface area contributed by atoms with Gasteiger partial charge in [0.25, 0.3) is 0 Å². The number of allylic oxidation sites excluding steroid dienone is 1. The normalized spacial score (nSPS) is 20.6. The van der Waals surface area contributed by atoms with Crippen molar-refractivity contribution in [2.24, 2.45) is 16.5 Å². The number of nitrogens with zero attached hydrogens (tertiary/aromatic N) is 2. The lowest BCUT2D eigenvalue weighted by atomic mass is 9.86. The highest BCUT2D eigenvalue weighted by molar-refractivity contribution is 5.73. The van der Waals surface area contributed by atoms with Gasteiger partial charge in [0.05, 0.1) is 5.54 Å². The number of nitrogens with two attached hydrogens (primary N) is 2. The maximum Gasteiger partial charge on any atom is 0.123 e. The third kappa shape index (κ3) is 4.42. The van der Waals surface area contributed by atoms with Crippen LogP contribution in [0.1, 0.15) is 11.1 Å². The summed E-state index contributed by atoms with van der Waals surface area (Å²) in [5, 5.41) is 0. The summed E-state index contributed by atoms with van der Waals surface area (Å²) in [6, 6.07) is 20.2. The molecule has 0 aliphatic carbocycles. The van der Waals surface area contributed by atoms with Gasteiger partial charge in [-0.25, -0.2) is 0 Å². The third-order valence-corrected chi connectivity index (χ3v) is 5.08. The first kappa shape index (κ1) is 19.1. The van der Waals surface area contributed by atoms with E-state index < -0.39 is 11.7 Å². The van der Waals surface area contributed by atoms with E-state index in [1.54, 1.807) is 12.4 Å². The zero-order valence-corrected chi connectivity index (χ0v) is 16.1. The summed E-state index contributed by atoms with van der Waals surface area (Å²) in [4.78, 5) is 8.50. The third-order valence-electron chi connectivity index (χ3n) is 5.08. The smallest absolute Gasteiger partial charge is 0.123 e. The van der Waals surface area contributed by atoms with E-state index in [4.69, 9.17) is 16.2 Å². The van der Waals surface area contributed by atoms with E-state index in [9.17, 15) is 0 Å². The van der Waals surface area contributed by atoms with Gasteiger partial charge in [0.2, 0.25) is 0 Å². The van der Waals surface area contributed by atoms with Crippen LogP contribution in [0.25, 0.3) is 11.1 Å². The SMILES string of the molecule is NC1N=CC=CC1(N)Cc1cc(-c2cccnc2)ccc1OCc1ccccc1. The van der Waals surface area contributed by atoms with Gasteiger partial charge in [-0.3, -0.25) is 9.98 Å². The van der Waals surface area contributed by atoms with Crippen LogP contribution in [0.3, 0.4) is 0 Å². The van der Waals surface area contributed by atoms with Crippen molar-refractivity contribution in [3.63, 3.8) is 0 Å². The van der Waals surface area contributed by atoms with Crippen LogP contribution >= 0.6 is 0 Å². The van der Waals surface area contributed by atoms with E-state index in [2.05, 4.69) is 16.0 Å². The van der Waals surface area contributed by atoms with Crippen LogP contribution in [-0.4, -0.2) is 22.9 Å². The fraction of sp³-hybridized carbons (Fsp3) is 0.167. The number of rotatable bonds is 6. The molecule has 0 saturated carbocycles. The van der Waals surface area contributed by atoms with Crippen molar-refractivity contribution in [3.8, 4) is 16.9 Å². The minimum atomic E-state index is -0.771. The van der Waals surface area contributed by atoms with Crippen LogP contribution in [0.15, 0.2) is 90.2 Å². The molecule has 3 aromatic rings. The Labute approximate surface area is 170 Å². The first-order valence-corrected chi connectivity index (χ1v) is 9.60. The van der Waals surface area contributed by atoms with Crippen LogP contribution in [0.2, 0.25) is 0 Å². The summed E-state index contributed by atoms with van der Waals surface area (Å²) < 4.78 is 6.16. The molecular weight excluding hydrogens is 360 g/mol. The minimum Gasteiger partial charge on any atom is -0.489 e. The number of hydrogen-bond acceptors (Lipinski definition) is 5. The van der Waals surface area contributed by atoms with Gasteiger partial charge in [0, 0.05) is 30.6 Å². The van der Waals surface area contributed by atoms with E-state index in [0.29, 0.717) is 13.0 Å². The highest BCUT2D eigenvalue weighted by atomic mass is 16.5. The lowest BCUT2D eigenvalue weighted by molar-refractivity contribution is 0.299. The second-order valence-electron chi connectivity index (χ2n) is 7.23. The van der Waals surface area contributed by atoms with Crippen molar-refractivity contribution >= 4 is 6.21 Å². The Morgan fingerprint density at radius 3 is 2.62 bits per heavy atom. The quantitative estimate of drug-likeness (QED) is 0.681. The number of dihydropyridines is 1. The van der Waals surface area contributed by atoms with Gasteiger partial charge in [0.1, 0.15) is 18.5 Å². The fourth-order valence-electron chi connectivity index (χ4n) is 3.40. The molecule has 5 heteroatoms. The van der Waals surface area contributed by atoms with E-state index in [-0.39, 0.29) is 0 Å². The molecule has 0 radical (unpaired) electrons. The summed E-state index contributed by atoms with van der Waals surface area (Å²) in [5.74, 6) is 0.793. The molecule has 2 unspecified atom stereocenters. The number of aliphatic imine (C=N–C) groups is 1. The Balaban J connectivity index is 1.66. The fourth-order valence-corrected chi connectivity index (χ4v) is 3.40. The first-order chi connectivity index (χ1) is 14.1. The van der Waals surface area contributed by atoms with Gasteiger partial charge in [-0.2, -0.15) is 0 Å². The van der Waals surface area contributed by atoms with Crippen LogP contribution in [0.4, 0.5) is 0 Å². The second-order valence-corrected chi connectivity index (χ2v) is 7.23. The van der Waals surface area contributed by atoms with Crippen molar-refractivity contribution in [1.82, 2.24) is 4.98 Å². The van der Waals surface area contributed by atoms with Gasteiger partial charge in [0.15, 0.2) is 0 Å². The first-order valence-electron chi connectivity index (χ1n) is 9.60. The van der Waals surface area contributed by atoms with Gasteiger partial charge in [-0.05, 0) is 41.0 Å². The standard InChI is InChI=1S/C24H24N4O/c25-23-24(26,11-5-13-28-23)15-21-14-19(20-8-4-12-27-16-20)9-10-22(21)29-17-18-6-2-1-3-7-18/h1-14,16,23H,15,17,25-26H2. The average molecular weight is 384 g/mol. The summed E-state index contributed by atoms with van der Waals surface area (Å²) in [6.07, 6.45) is 9.08. The molecule has 1 aliphatic rings. The molecule has 5 nitrogen and oxygen atoms in total. The number of aromatic nitrogens is 1. The highest BCUT2D eigenvalue weighted by Gasteiger charge is 2.32. The predicted molar refractivity (Wildman–Crippen MR) is 117 cm³/mol. The molecule has 0 saturated heterocycles. The molecule has 2 aromatic carbocycles. The summed E-state index contributed by atoms with van der Waals surface area (Å²) in [6.45, 7) is 0.484. The van der Waals surface area contributed by atoms with Crippen molar-refractivity contribution in [1.29, 1.82) is 0 Å². The van der Waals surface area contributed by atoms with Crippen LogP contribution in [0, 0.1) is 0 Å². The molecule has 1 aliphatic heterocycles. The van der Waals surface area contributed by atoms with Crippen molar-refractivity contribution < 1.29 is 4.74 Å². The molecule has 146 valence electrons. The molecule has 0 amide bonds. The summed E-state index contributed by atoms with van der Waals surface area (Å²) in [7, 11) is 0. The number of benzene rings is 2. The lowest BCUT2D eigenvalue weighted by Gasteiger charge is -2.32. The molecule has 4 N–H and O–H groups in total. The monoisotopic (exact) mass is 384 g/mol. The largest absolute Gasteiger partial charge is 0.489 e. The van der Waals surface area contributed by atoms with Crippen molar-refractivity contribution in [2.45, 2.75) is 24.7 Å². The van der Waals surface area contributed by atoms with Gasteiger partial charge in [-0.15, -0.1) is 0 Å². The molecular formula is C24H24N4O. The highest BCUT2D eigenvalue weighted by Crippen LogP contribution is 2.31. The predicted octanol–water partition coefficient (Wildman–Crippen LogP) is 3.49. The average Bonchev–Trinajstić information content (AvgIpc) is 2.76. The molecule has 0 bridgehead atoms. The topological polar surface area (TPSA) is 86.5 Å². The number of ether oxygens (including phenoxy) is 1. The molecule has 0 spiro atoms. The van der Waals surface area contributed by atoms with Crippen LogP contribution in [-0.2, 0) is 13.0 Å². The summed E-state index contributed by atoms with van der Waals surface area (Å²) in [5.41, 5.74) is 16.2.